The van der Waals surface area contributed by atoms with Crippen LogP contribution in [0.4, 0.5) is 4.39 Å². The molecule has 0 radical (unpaired) electrons. The molecule has 1 heterocycles. The number of hydrogen-bond donors (Lipinski definition) is 0. The molecule has 0 saturated heterocycles. The zero-order chi connectivity index (χ0) is 20.1. The molecular formula is C26H20FNO. The van der Waals surface area contributed by atoms with E-state index < -0.39 is 0 Å². The van der Waals surface area contributed by atoms with Gasteiger partial charge in [0.2, 0.25) is 0 Å². The molecule has 3 aromatic carbocycles. The second-order valence-electron chi connectivity index (χ2n) is 6.84. The summed E-state index contributed by atoms with van der Waals surface area (Å²) in [5, 5.41) is 1.87. The van der Waals surface area contributed by atoms with Crippen molar-refractivity contribution < 1.29 is 9.13 Å². The number of aryl methyl sites for hydroxylation is 2. The maximum absolute atomic E-state index is 13.3. The highest BCUT2D eigenvalue weighted by molar-refractivity contribution is 5.83. The standard InChI is InChI=1S/C26H20FNO/c1-29-26-15-14-25(28-18-26)13-9-20-4-2-19(3-5-20)6-7-21-8-10-23-17-24(27)12-11-22(23)16-21/h2-5,8,10-12,14-18H,9,13H2,1H3. The molecule has 0 spiro atoms. The van der Waals surface area contributed by atoms with Crippen molar-refractivity contribution >= 4 is 10.8 Å². The van der Waals surface area contributed by atoms with Crippen molar-refractivity contribution in [2.75, 3.05) is 7.11 Å². The van der Waals surface area contributed by atoms with Crippen LogP contribution in [0.1, 0.15) is 22.4 Å². The van der Waals surface area contributed by atoms with Gasteiger partial charge in [0.05, 0.1) is 13.3 Å². The fraction of sp³-hybridized carbons (Fsp3) is 0.115. The number of aromatic nitrogens is 1. The first-order valence-electron chi connectivity index (χ1n) is 9.49. The van der Waals surface area contributed by atoms with Gasteiger partial charge in [-0.15, -0.1) is 0 Å². The number of ether oxygens (including phenoxy) is 1. The summed E-state index contributed by atoms with van der Waals surface area (Å²) in [5.41, 5.74) is 4.18. The van der Waals surface area contributed by atoms with E-state index in [-0.39, 0.29) is 5.82 Å². The van der Waals surface area contributed by atoms with Crippen molar-refractivity contribution in [2.45, 2.75) is 12.8 Å². The van der Waals surface area contributed by atoms with Gasteiger partial charge in [-0.1, -0.05) is 36.1 Å². The molecule has 29 heavy (non-hydrogen) atoms. The fourth-order valence-electron chi connectivity index (χ4n) is 3.15. The number of pyridine rings is 1. The molecule has 0 saturated carbocycles. The SMILES string of the molecule is COc1ccc(CCc2ccc(C#Cc3ccc4cc(F)ccc4c3)cc2)nc1. The molecule has 4 rings (SSSR count). The van der Waals surface area contributed by atoms with Gasteiger partial charge in [-0.2, -0.15) is 0 Å². The molecule has 0 bridgehead atoms. The molecule has 0 unspecified atom stereocenters. The van der Waals surface area contributed by atoms with Gasteiger partial charge in [0, 0.05) is 16.8 Å². The number of benzene rings is 3. The second-order valence-corrected chi connectivity index (χ2v) is 6.84. The van der Waals surface area contributed by atoms with Gasteiger partial charge in [-0.25, -0.2) is 4.39 Å². The number of halogens is 1. The Balaban J connectivity index is 1.41. The highest BCUT2D eigenvalue weighted by Crippen LogP contribution is 2.17. The van der Waals surface area contributed by atoms with Gasteiger partial charge in [0.1, 0.15) is 11.6 Å². The first-order valence-corrected chi connectivity index (χ1v) is 9.49. The van der Waals surface area contributed by atoms with E-state index in [1.54, 1.807) is 19.4 Å². The van der Waals surface area contributed by atoms with Crippen molar-refractivity contribution in [3.63, 3.8) is 0 Å². The quantitative estimate of drug-likeness (QED) is 0.431. The minimum atomic E-state index is -0.223. The Kier molecular flexibility index (Phi) is 5.54. The zero-order valence-electron chi connectivity index (χ0n) is 16.2. The van der Waals surface area contributed by atoms with Crippen LogP contribution < -0.4 is 4.74 Å². The molecule has 0 amide bonds. The summed E-state index contributed by atoms with van der Waals surface area (Å²) in [7, 11) is 1.64. The number of hydrogen-bond acceptors (Lipinski definition) is 2. The first kappa shape index (κ1) is 18.7. The van der Waals surface area contributed by atoms with E-state index >= 15 is 0 Å². The van der Waals surface area contributed by atoms with Crippen LogP contribution in [0.5, 0.6) is 5.75 Å². The van der Waals surface area contributed by atoms with E-state index in [0.29, 0.717) is 0 Å². The van der Waals surface area contributed by atoms with E-state index in [1.807, 2.05) is 42.5 Å². The highest BCUT2D eigenvalue weighted by Gasteiger charge is 1.99. The van der Waals surface area contributed by atoms with E-state index in [0.717, 1.165) is 46.2 Å². The molecule has 0 atom stereocenters. The van der Waals surface area contributed by atoms with Gasteiger partial charge in [-0.05, 0) is 77.7 Å². The molecule has 2 nitrogen and oxygen atoms in total. The van der Waals surface area contributed by atoms with Crippen molar-refractivity contribution in [1.82, 2.24) is 4.98 Å². The van der Waals surface area contributed by atoms with E-state index in [4.69, 9.17) is 4.74 Å². The van der Waals surface area contributed by atoms with E-state index in [2.05, 4.69) is 29.0 Å². The first-order chi connectivity index (χ1) is 14.2. The molecular weight excluding hydrogens is 361 g/mol. The smallest absolute Gasteiger partial charge is 0.137 e. The highest BCUT2D eigenvalue weighted by atomic mass is 19.1. The average molecular weight is 381 g/mol. The van der Waals surface area contributed by atoms with E-state index in [1.165, 1.54) is 17.7 Å². The largest absolute Gasteiger partial charge is 0.495 e. The van der Waals surface area contributed by atoms with Gasteiger partial charge in [0.15, 0.2) is 0 Å². The van der Waals surface area contributed by atoms with Crippen LogP contribution in [0, 0.1) is 17.7 Å². The van der Waals surface area contributed by atoms with Gasteiger partial charge < -0.3 is 4.74 Å². The van der Waals surface area contributed by atoms with Crippen LogP contribution in [-0.4, -0.2) is 12.1 Å². The van der Waals surface area contributed by atoms with Crippen LogP contribution in [0.25, 0.3) is 10.8 Å². The minimum Gasteiger partial charge on any atom is -0.495 e. The Morgan fingerprint density at radius 2 is 1.52 bits per heavy atom. The third-order valence-corrected chi connectivity index (χ3v) is 4.81. The number of nitrogens with zero attached hydrogens (tertiary/aromatic N) is 1. The summed E-state index contributed by atoms with van der Waals surface area (Å²) in [5.74, 6) is 6.94. The molecule has 1 aromatic heterocycles. The van der Waals surface area contributed by atoms with Crippen LogP contribution in [0.2, 0.25) is 0 Å². The molecule has 0 aliphatic rings. The lowest BCUT2D eigenvalue weighted by atomic mass is 10.0. The fourth-order valence-corrected chi connectivity index (χ4v) is 3.15. The Morgan fingerprint density at radius 1 is 0.793 bits per heavy atom. The maximum atomic E-state index is 13.3. The molecule has 0 aliphatic heterocycles. The Morgan fingerprint density at radius 3 is 2.28 bits per heavy atom. The van der Waals surface area contributed by atoms with Crippen molar-refractivity contribution in [1.29, 1.82) is 0 Å². The minimum absolute atomic E-state index is 0.223. The lowest BCUT2D eigenvalue weighted by Crippen LogP contribution is -1.95. The molecule has 0 N–H and O–H groups in total. The number of rotatable bonds is 4. The lowest BCUT2D eigenvalue weighted by Gasteiger charge is -2.03. The van der Waals surface area contributed by atoms with Crippen molar-refractivity contribution in [3.8, 4) is 17.6 Å². The number of methoxy groups -OCH3 is 1. The molecule has 4 aromatic rings. The van der Waals surface area contributed by atoms with Crippen LogP contribution in [0.3, 0.4) is 0 Å². The maximum Gasteiger partial charge on any atom is 0.137 e. The topological polar surface area (TPSA) is 22.1 Å². The molecule has 0 aliphatic carbocycles. The molecule has 0 fully saturated rings. The predicted octanol–water partition coefficient (Wildman–Crippen LogP) is 5.57. The van der Waals surface area contributed by atoms with Crippen molar-refractivity contribution in [2.24, 2.45) is 0 Å². The van der Waals surface area contributed by atoms with Gasteiger partial charge in [0.25, 0.3) is 0 Å². The lowest BCUT2D eigenvalue weighted by molar-refractivity contribution is 0.412. The second kappa shape index (κ2) is 8.58. The summed E-state index contributed by atoms with van der Waals surface area (Å²) in [4.78, 5) is 4.40. The normalized spacial score (nSPS) is 10.4. The summed E-state index contributed by atoms with van der Waals surface area (Å²) >= 11 is 0. The number of fused-ring (bicyclic) bond motifs is 1. The van der Waals surface area contributed by atoms with Gasteiger partial charge in [-0.3, -0.25) is 4.98 Å². The Hall–Kier alpha value is -3.64. The molecule has 3 heteroatoms. The van der Waals surface area contributed by atoms with Crippen molar-refractivity contribution in [3.05, 3.63) is 107 Å². The van der Waals surface area contributed by atoms with Crippen LogP contribution >= 0.6 is 0 Å². The predicted molar refractivity (Wildman–Crippen MR) is 115 cm³/mol. The summed E-state index contributed by atoms with van der Waals surface area (Å²) < 4.78 is 18.4. The third-order valence-electron chi connectivity index (χ3n) is 4.81. The van der Waals surface area contributed by atoms with E-state index in [9.17, 15) is 4.39 Å². The van der Waals surface area contributed by atoms with Crippen LogP contribution in [0.15, 0.2) is 79.0 Å². The summed E-state index contributed by atoms with van der Waals surface area (Å²) in [6.07, 6.45) is 3.55. The average Bonchev–Trinajstić information content (AvgIpc) is 2.77. The monoisotopic (exact) mass is 381 g/mol. The van der Waals surface area contributed by atoms with Gasteiger partial charge >= 0.3 is 0 Å². The summed E-state index contributed by atoms with van der Waals surface area (Å²) in [6.45, 7) is 0. The zero-order valence-corrected chi connectivity index (χ0v) is 16.2. The van der Waals surface area contributed by atoms with Crippen LogP contribution in [-0.2, 0) is 12.8 Å². The third kappa shape index (κ3) is 4.80. The summed E-state index contributed by atoms with van der Waals surface area (Å²) in [6, 6.07) is 22.8. The Bertz CT molecular complexity index is 1190. The molecule has 142 valence electrons. The Labute approximate surface area is 170 Å².